The average molecular weight is 344 g/mol. The molecule has 110 valence electrons. The van der Waals surface area contributed by atoms with Crippen molar-refractivity contribution < 1.29 is 4.39 Å². The predicted octanol–water partition coefficient (Wildman–Crippen LogP) is 4.32. The van der Waals surface area contributed by atoms with Gasteiger partial charge >= 0.3 is 0 Å². The van der Waals surface area contributed by atoms with Crippen LogP contribution in [0.4, 0.5) is 10.2 Å². The number of nitrogens with zero attached hydrogens (tertiary/aromatic N) is 1. The molecule has 0 fully saturated rings. The quantitative estimate of drug-likeness (QED) is 0.813. The lowest BCUT2D eigenvalue weighted by atomic mass is 10.2. The van der Waals surface area contributed by atoms with Gasteiger partial charge in [-0.1, -0.05) is 35.3 Å². The van der Waals surface area contributed by atoms with Crippen LogP contribution in [0, 0.1) is 12.7 Å². The molecule has 2 rings (SSSR count). The molecule has 0 saturated carbocycles. The molecule has 0 spiro atoms. The van der Waals surface area contributed by atoms with Gasteiger partial charge in [-0.25, -0.2) is 9.37 Å². The summed E-state index contributed by atoms with van der Waals surface area (Å²) in [6.07, 6.45) is 1.51. The average Bonchev–Trinajstić information content (AvgIpc) is 2.47. The van der Waals surface area contributed by atoms with Gasteiger partial charge in [-0.2, -0.15) is 0 Å². The molecule has 3 nitrogen and oxygen atoms in total. The number of halogens is 3. The Hall–Kier alpha value is -1.43. The molecule has 0 aliphatic carbocycles. The summed E-state index contributed by atoms with van der Waals surface area (Å²) in [4.78, 5) is 4.09. The molecule has 7 heteroatoms. The highest BCUT2D eigenvalue weighted by molar-refractivity contribution is 7.80. The molecule has 0 unspecified atom stereocenters. The number of hydrogen-bond acceptors (Lipinski definition) is 2. The van der Waals surface area contributed by atoms with Crippen molar-refractivity contribution in [2.75, 3.05) is 5.32 Å². The molecule has 0 atom stereocenters. The van der Waals surface area contributed by atoms with Crippen LogP contribution in [-0.4, -0.2) is 10.1 Å². The highest BCUT2D eigenvalue weighted by atomic mass is 35.5. The summed E-state index contributed by atoms with van der Waals surface area (Å²) < 4.78 is 12.8. The van der Waals surface area contributed by atoms with Crippen LogP contribution >= 0.6 is 35.4 Å². The Balaban J connectivity index is 1.96. The van der Waals surface area contributed by atoms with Gasteiger partial charge in [0.2, 0.25) is 0 Å². The zero-order valence-electron chi connectivity index (χ0n) is 11.1. The third-order valence-electron chi connectivity index (χ3n) is 2.80. The van der Waals surface area contributed by atoms with Gasteiger partial charge in [-0.05, 0) is 42.4 Å². The summed E-state index contributed by atoms with van der Waals surface area (Å²) in [7, 11) is 0. The van der Waals surface area contributed by atoms with E-state index in [4.69, 9.17) is 35.4 Å². The lowest BCUT2D eigenvalue weighted by Crippen LogP contribution is -2.28. The summed E-state index contributed by atoms with van der Waals surface area (Å²) in [5, 5.41) is 7.19. The molecule has 1 heterocycles. The summed E-state index contributed by atoms with van der Waals surface area (Å²) in [5.74, 6) is 0.169. The highest BCUT2D eigenvalue weighted by Crippen LogP contribution is 2.28. The smallest absolute Gasteiger partial charge is 0.172 e. The summed E-state index contributed by atoms with van der Waals surface area (Å²) in [5.41, 5.74) is 1.64. The molecule has 2 N–H and O–H groups in total. The van der Waals surface area contributed by atoms with Crippen molar-refractivity contribution in [1.29, 1.82) is 0 Å². The molecule has 0 bridgehead atoms. The van der Waals surface area contributed by atoms with E-state index in [-0.39, 0.29) is 5.82 Å². The van der Waals surface area contributed by atoms with E-state index in [2.05, 4.69) is 15.6 Å². The first-order chi connectivity index (χ1) is 9.97. The van der Waals surface area contributed by atoms with E-state index in [1.807, 2.05) is 0 Å². The minimum absolute atomic E-state index is 0.271. The fourth-order valence-electron chi connectivity index (χ4n) is 1.58. The van der Waals surface area contributed by atoms with E-state index in [0.29, 0.717) is 27.5 Å². The van der Waals surface area contributed by atoms with E-state index in [1.54, 1.807) is 19.1 Å². The molecule has 0 radical (unpaired) electrons. The van der Waals surface area contributed by atoms with Crippen LogP contribution in [0.3, 0.4) is 0 Å². The van der Waals surface area contributed by atoms with Crippen LogP contribution < -0.4 is 10.6 Å². The van der Waals surface area contributed by atoms with Crippen LogP contribution in [0.5, 0.6) is 0 Å². The third-order valence-corrected chi connectivity index (χ3v) is 3.89. The fourth-order valence-corrected chi connectivity index (χ4v) is 2.14. The normalized spacial score (nSPS) is 10.3. The molecular formula is C14H12Cl2FN3S. The first-order valence-electron chi connectivity index (χ1n) is 6.07. The molecule has 0 amide bonds. The molecule has 1 aromatic carbocycles. The van der Waals surface area contributed by atoms with E-state index in [0.717, 1.165) is 11.1 Å². The summed E-state index contributed by atoms with van der Waals surface area (Å²) >= 11 is 17.2. The number of rotatable bonds is 3. The maximum atomic E-state index is 12.8. The van der Waals surface area contributed by atoms with Gasteiger partial charge in [0.15, 0.2) is 10.9 Å². The maximum Gasteiger partial charge on any atom is 0.172 e. The van der Waals surface area contributed by atoms with Gasteiger partial charge in [0.05, 0.1) is 10.0 Å². The van der Waals surface area contributed by atoms with Crippen molar-refractivity contribution in [2.24, 2.45) is 0 Å². The Kier molecular flexibility index (Phi) is 5.33. The van der Waals surface area contributed by atoms with E-state index >= 15 is 0 Å². The molecule has 2 aromatic rings. The molecule has 21 heavy (non-hydrogen) atoms. The minimum atomic E-state index is -0.271. The number of benzene rings is 1. The first kappa shape index (κ1) is 15.9. The number of hydrogen-bond donors (Lipinski definition) is 2. The maximum absolute atomic E-state index is 12.8. The Labute approximate surface area is 137 Å². The van der Waals surface area contributed by atoms with Crippen molar-refractivity contribution in [3.8, 4) is 0 Å². The van der Waals surface area contributed by atoms with Gasteiger partial charge in [0.1, 0.15) is 5.82 Å². The van der Waals surface area contributed by atoms with Crippen molar-refractivity contribution in [3.63, 3.8) is 0 Å². The van der Waals surface area contributed by atoms with Gasteiger partial charge in [0.25, 0.3) is 0 Å². The van der Waals surface area contributed by atoms with Gasteiger partial charge in [0, 0.05) is 12.7 Å². The first-order valence-corrected chi connectivity index (χ1v) is 7.23. The van der Waals surface area contributed by atoms with Crippen molar-refractivity contribution in [1.82, 2.24) is 10.3 Å². The van der Waals surface area contributed by atoms with Crippen molar-refractivity contribution in [3.05, 3.63) is 57.5 Å². The van der Waals surface area contributed by atoms with E-state index < -0.39 is 0 Å². The summed E-state index contributed by atoms with van der Waals surface area (Å²) in [6.45, 7) is 2.27. The zero-order valence-corrected chi connectivity index (χ0v) is 13.4. The fraction of sp³-hybridized carbons (Fsp3) is 0.143. The Morgan fingerprint density at radius 1 is 1.29 bits per heavy atom. The van der Waals surface area contributed by atoms with E-state index in [9.17, 15) is 4.39 Å². The van der Waals surface area contributed by atoms with Gasteiger partial charge in [-0.3, -0.25) is 0 Å². The SMILES string of the molecule is Cc1c(Cl)cnc(NC(=S)NCc2ccc(F)cc2)c1Cl. The molecule has 0 aliphatic heterocycles. The van der Waals surface area contributed by atoms with Crippen LogP contribution in [0.25, 0.3) is 0 Å². The topological polar surface area (TPSA) is 37.0 Å². The second kappa shape index (κ2) is 7.02. The van der Waals surface area contributed by atoms with Crippen LogP contribution in [0.1, 0.15) is 11.1 Å². The second-order valence-corrected chi connectivity index (χ2v) is 5.52. The lowest BCUT2D eigenvalue weighted by molar-refractivity contribution is 0.627. The third kappa shape index (κ3) is 4.27. The molecule has 0 aliphatic rings. The second-order valence-electron chi connectivity index (χ2n) is 4.33. The standard InChI is InChI=1S/C14H12Cl2FN3S/c1-8-11(15)7-18-13(12(8)16)20-14(21)19-6-9-2-4-10(17)5-3-9/h2-5,7H,6H2,1H3,(H2,18,19,20,21). The van der Waals surface area contributed by atoms with Crippen LogP contribution in [0.2, 0.25) is 10.0 Å². The predicted molar refractivity (Wildman–Crippen MR) is 88.5 cm³/mol. The Bertz CT molecular complexity index is 662. The van der Waals surface area contributed by atoms with E-state index in [1.165, 1.54) is 18.3 Å². The summed E-state index contributed by atoms with van der Waals surface area (Å²) in [6, 6.07) is 6.16. The van der Waals surface area contributed by atoms with Gasteiger partial charge < -0.3 is 10.6 Å². The number of nitrogens with one attached hydrogen (secondary N) is 2. The largest absolute Gasteiger partial charge is 0.358 e. The monoisotopic (exact) mass is 343 g/mol. The van der Waals surface area contributed by atoms with Crippen LogP contribution in [0.15, 0.2) is 30.5 Å². The molecule has 1 aromatic heterocycles. The highest BCUT2D eigenvalue weighted by Gasteiger charge is 2.09. The zero-order chi connectivity index (χ0) is 15.4. The van der Waals surface area contributed by atoms with Gasteiger partial charge in [-0.15, -0.1) is 0 Å². The lowest BCUT2D eigenvalue weighted by Gasteiger charge is -2.12. The van der Waals surface area contributed by atoms with Crippen LogP contribution in [-0.2, 0) is 6.54 Å². The molecule has 0 saturated heterocycles. The number of thiocarbonyl (C=S) groups is 1. The Morgan fingerprint density at radius 2 is 1.95 bits per heavy atom. The number of pyridine rings is 1. The molecular weight excluding hydrogens is 332 g/mol. The minimum Gasteiger partial charge on any atom is -0.358 e. The van der Waals surface area contributed by atoms with Crippen molar-refractivity contribution in [2.45, 2.75) is 13.5 Å². The Morgan fingerprint density at radius 3 is 2.62 bits per heavy atom. The number of anilines is 1. The number of aromatic nitrogens is 1. The van der Waals surface area contributed by atoms with Crippen molar-refractivity contribution >= 4 is 46.4 Å².